The van der Waals surface area contributed by atoms with Crippen LogP contribution < -0.4 is 5.43 Å². The van der Waals surface area contributed by atoms with Crippen LogP contribution in [0.3, 0.4) is 0 Å². The van der Waals surface area contributed by atoms with Gasteiger partial charge >= 0.3 is 0 Å². The SMILES string of the molecule is CC(=NNC(=O)c1cccc(Cl)c1)c1cccc2ccccc12. The van der Waals surface area contributed by atoms with Gasteiger partial charge in [-0.05, 0) is 35.9 Å². The van der Waals surface area contributed by atoms with Gasteiger partial charge in [0.2, 0.25) is 0 Å². The van der Waals surface area contributed by atoms with Crippen LogP contribution in [0.4, 0.5) is 0 Å². The zero-order valence-electron chi connectivity index (χ0n) is 12.6. The van der Waals surface area contributed by atoms with E-state index in [0.717, 1.165) is 22.0 Å². The van der Waals surface area contributed by atoms with Crippen molar-refractivity contribution in [3.05, 3.63) is 82.9 Å². The lowest BCUT2D eigenvalue weighted by Crippen LogP contribution is -2.19. The van der Waals surface area contributed by atoms with Gasteiger partial charge in [-0.15, -0.1) is 0 Å². The van der Waals surface area contributed by atoms with Crippen molar-refractivity contribution in [3.8, 4) is 0 Å². The first-order valence-corrected chi connectivity index (χ1v) is 7.61. The third-order valence-corrected chi connectivity index (χ3v) is 3.83. The maximum atomic E-state index is 12.1. The predicted octanol–water partition coefficient (Wildman–Crippen LogP) is 4.65. The van der Waals surface area contributed by atoms with Crippen molar-refractivity contribution in [3.63, 3.8) is 0 Å². The van der Waals surface area contributed by atoms with Crippen LogP contribution in [-0.2, 0) is 0 Å². The molecule has 23 heavy (non-hydrogen) atoms. The van der Waals surface area contributed by atoms with Gasteiger partial charge in [0, 0.05) is 16.1 Å². The van der Waals surface area contributed by atoms with E-state index < -0.39 is 0 Å². The van der Waals surface area contributed by atoms with Gasteiger partial charge in [-0.3, -0.25) is 4.79 Å². The minimum Gasteiger partial charge on any atom is -0.267 e. The van der Waals surface area contributed by atoms with Crippen LogP contribution in [0.5, 0.6) is 0 Å². The highest BCUT2D eigenvalue weighted by Gasteiger charge is 2.07. The molecule has 3 aromatic rings. The van der Waals surface area contributed by atoms with E-state index >= 15 is 0 Å². The zero-order chi connectivity index (χ0) is 16.2. The summed E-state index contributed by atoms with van der Waals surface area (Å²) in [6.07, 6.45) is 0. The maximum absolute atomic E-state index is 12.1. The lowest BCUT2D eigenvalue weighted by atomic mass is 10.0. The molecule has 4 heteroatoms. The molecule has 0 saturated heterocycles. The van der Waals surface area contributed by atoms with Gasteiger partial charge in [0.05, 0.1) is 5.71 Å². The Bertz CT molecular complexity index is 897. The van der Waals surface area contributed by atoms with Crippen molar-refractivity contribution in [1.29, 1.82) is 0 Å². The summed E-state index contributed by atoms with van der Waals surface area (Å²) in [4.78, 5) is 12.1. The molecule has 3 rings (SSSR count). The van der Waals surface area contributed by atoms with Gasteiger partial charge in [-0.1, -0.05) is 60.1 Å². The number of fused-ring (bicyclic) bond motifs is 1. The van der Waals surface area contributed by atoms with E-state index in [2.05, 4.69) is 22.7 Å². The van der Waals surface area contributed by atoms with Crippen LogP contribution in [-0.4, -0.2) is 11.6 Å². The fourth-order valence-corrected chi connectivity index (χ4v) is 2.62. The standard InChI is InChI=1S/C19H15ClN2O/c1-13(17-11-5-7-14-6-2-3-10-18(14)17)21-22-19(23)15-8-4-9-16(20)12-15/h2-12H,1H3,(H,22,23). The fraction of sp³-hybridized carbons (Fsp3) is 0.0526. The van der Waals surface area contributed by atoms with Crippen molar-refractivity contribution in [1.82, 2.24) is 5.43 Å². The predicted molar refractivity (Wildman–Crippen MR) is 95.1 cm³/mol. The van der Waals surface area contributed by atoms with Crippen molar-refractivity contribution >= 4 is 34.0 Å². The number of hydrogen-bond donors (Lipinski definition) is 1. The van der Waals surface area contributed by atoms with Crippen LogP contribution in [0.2, 0.25) is 5.02 Å². The normalized spacial score (nSPS) is 11.5. The van der Waals surface area contributed by atoms with Gasteiger partial charge in [-0.25, -0.2) is 5.43 Å². The quantitative estimate of drug-likeness (QED) is 0.553. The minimum atomic E-state index is -0.285. The highest BCUT2D eigenvalue weighted by molar-refractivity contribution is 6.31. The lowest BCUT2D eigenvalue weighted by molar-refractivity contribution is 0.0955. The number of carbonyl (C=O) groups is 1. The average molecular weight is 323 g/mol. The molecular formula is C19H15ClN2O. The average Bonchev–Trinajstić information content (AvgIpc) is 2.59. The topological polar surface area (TPSA) is 41.5 Å². The number of nitrogens with one attached hydrogen (secondary N) is 1. The molecule has 114 valence electrons. The molecule has 1 amide bonds. The van der Waals surface area contributed by atoms with Gasteiger partial charge in [-0.2, -0.15) is 5.10 Å². The smallest absolute Gasteiger partial charge is 0.267 e. The summed E-state index contributed by atoms with van der Waals surface area (Å²) >= 11 is 5.90. The van der Waals surface area contributed by atoms with Crippen molar-refractivity contribution < 1.29 is 4.79 Å². The summed E-state index contributed by atoms with van der Waals surface area (Å²) in [7, 11) is 0. The van der Waals surface area contributed by atoms with E-state index in [4.69, 9.17) is 11.6 Å². The molecule has 0 aliphatic carbocycles. The second kappa shape index (κ2) is 6.63. The fourth-order valence-electron chi connectivity index (χ4n) is 2.43. The Morgan fingerprint density at radius 1 is 1.00 bits per heavy atom. The summed E-state index contributed by atoms with van der Waals surface area (Å²) in [5.41, 5.74) is 4.80. The Labute approximate surface area is 139 Å². The third kappa shape index (κ3) is 3.41. The molecular weight excluding hydrogens is 308 g/mol. The summed E-state index contributed by atoms with van der Waals surface area (Å²) in [5.74, 6) is -0.285. The van der Waals surface area contributed by atoms with Crippen molar-refractivity contribution in [2.24, 2.45) is 5.10 Å². The number of halogens is 1. The van der Waals surface area contributed by atoms with E-state index in [1.54, 1.807) is 24.3 Å². The maximum Gasteiger partial charge on any atom is 0.271 e. The van der Waals surface area contributed by atoms with E-state index in [-0.39, 0.29) is 5.91 Å². The number of nitrogens with zero attached hydrogens (tertiary/aromatic N) is 1. The molecule has 0 atom stereocenters. The lowest BCUT2D eigenvalue weighted by Gasteiger charge is -2.07. The Hall–Kier alpha value is -2.65. The van der Waals surface area contributed by atoms with E-state index in [1.807, 2.05) is 37.3 Å². The first-order valence-electron chi connectivity index (χ1n) is 7.23. The Kier molecular flexibility index (Phi) is 4.40. The summed E-state index contributed by atoms with van der Waals surface area (Å²) in [6.45, 7) is 1.88. The van der Waals surface area contributed by atoms with Crippen LogP contribution in [0.25, 0.3) is 10.8 Å². The molecule has 0 bridgehead atoms. The van der Waals surface area contributed by atoms with Crippen LogP contribution in [0.15, 0.2) is 71.8 Å². The molecule has 0 heterocycles. The molecule has 0 aliphatic heterocycles. The first kappa shape index (κ1) is 15.3. The number of hydrazone groups is 1. The molecule has 3 nitrogen and oxygen atoms in total. The van der Waals surface area contributed by atoms with E-state index in [0.29, 0.717) is 10.6 Å². The van der Waals surface area contributed by atoms with Crippen LogP contribution in [0, 0.1) is 0 Å². The third-order valence-electron chi connectivity index (χ3n) is 3.59. The highest BCUT2D eigenvalue weighted by Crippen LogP contribution is 2.19. The molecule has 0 radical (unpaired) electrons. The molecule has 0 aliphatic rings. The Morgan fingerprint density at radius 2 is 1.74 bits per heavy atom. The number of amides is 1. The Morgan fingerprint density at radius 3 is 2.57 bits per heavy atom. The minimum absolute atomic E-state index is 0.285. The zero-order valence-corrected chi connectivity index (χ0v) is 13.3. The largest absolute Gasteiger partial charge is 0.271 e. The summed E-state index contributed by atoms with van der Waals surface area (Å²) in [6, 6.07) is 20.9. The van der Waals surface area contributed by atoms with Crippen molar-refractivity contribution in [2.75, 3.05) is 0 Å². The number of rotatable bonds is 3. The molecule has 0 aromatic heterocycles. The molecule has 0 spiro atoms. The van der Waals surface area contributed by atoms with E-state index in [9.17, 15) is 4.79 Å². The second-order valence-electron chi connectivity index (χ2n) is 5.18. The molecule has 3 aromatic carbocycles. The van der Waals surface area contributed by atoms with Gasteiger partial charge < -0.3 is 0 Å². The van der Waals surface area contributed by atoms with Gasteiger partial charge in [0.1, 0.15) is 0 Å². The number of hydrogen-bond acceptors (Lipinski definition) is 2. The monoisotopic (exact) mass is 322 g/mol. The van der Waals surface area contributed by atoms with Crippen LogP contribution in [0.1, 0.15) is 22.8 Å². The van der Waals surface area contributed by atoms with E-state index in [1.165, 1.54) is 0 Å². The summed E-state index contributed by atoms with van der Waals surface area (Å²) in [5, 5.41) is 6.99. The number of carbonyl (C=O) groups excluding carboxylic acids is 1. The molecule has 0 unspecified atom stereocenters. The van der Waals surface area contributed by atoms with Crippen molar-refractivity contribution in [2.45, 2.75) is 6.92 Å². The van der Waals surface area contributed by atoms with Gasteiger partial charge in [0.25, 0.3) is 5.91 Å². The molecule has 0 saturated carbocycles. The first-order chi connectivity index (χ1) is 11.1. The number of benzene rings is 3. The van der Waals surface area contributed by atoms with Crippen LogP contribution >= 0.6 is 11.6 Å². The molecule has 0 fully saturated rings. The highest BCUT2D eigenvalue weighted by atomic mass is 35.5. The second-order valence-corrected chi connectivity index (χ2v) is 5.61. The molecule has 1 N–H and O–H groups in total. The Balaban J connectivity index is 1.86. The summed E-state index contributed by atoms with van der Waals surface area (Å²) < 4.78 is 0. The van der Waals surface area contributed by atoms with Gasteiger partial charge in [0.15, 0.2) is 0 Å².